The van der Waals surface area contributed by atoms with Crippen molar-refractivity contribution in [2.75, 3.05) is 4.72 Å². The molecular formula is C12H7BrCl3NO2S. The van der Waals surface area contributed by atoms with Gasteiger partial charge in [-0.05, 0) is 52.3 Å². The molecule has 106 valence electrons. The van der Waals surface area contributed by atoms with E-state index < -0.39 is 10.0 Å². The molecule has 0 fully saturated rings. The zero-order chi connectivity index (χ0) is 14.9. The molecule has 0 aromatic heterocycles. The maximum atomic E-state index is 12.2. The Morgan fingerprint density at radius 2 is 1.55 bits per heavy atom. The molecule has 2 aromatic carbocycles. The van der Waals surface area contributed by atoms with Crippen molar-refractivity contribution in [2.24, 2.45) is 0 Å². The van der Waals surface area contributed by atoms with Crippen molar-refractivity contribution in [2.45, 2.75) is 4.90 Å². The summed E-state index contributed by atoms with van der Waals surface area (Å²) >= 11 is 20.7. The summed E-state index contributed by atoms with van der Waals surface area (Å²) in [5, 5.41) is 0.882. The zero-order valence-corrected chi connectivity index (χ0v) is 14.4. The smallest absolute Gasteiger partial charge is 0.261 e. The average molecular weight is 416 g/mol. The van der Waals surface area contributed by atoms with Crippen molar-refractivity contribution < 1.29 is 8.42 Å². The van der Waals surface area contributed by atoms with Gasteiger partial charge in [0, 0.05) is 14.5 Å². The lowest BCUT2D eigenvalue weighted by molar-refractivity contribution is 0.601. The highest BCUT2D eigenvalue weighted by Crippen LogP contribution is 2.28. The van der Waals surface area contributed by atoms with Gasteiger partial charge in [0.05, 0.1) is 15.6 Å². The van der Waals surface area contributed by atoms with Gasteiger partial charge in [-0.3, -0.25) is 4.72 Å². The molecule has 0 atom stereocenters. The van der Waals surface area contributed by atoms with E-state index in [9.17, 15) is 8.42 Å². The first kappa shape index (κ1) is 15.9. The lowest BCUT2D eigenvalue weighted by Gasteiger charge is -2.09. The molecule has 0 amide bonds. The molecule has 0 spiro atoms. The molecule has 3 nitrogen and oxygen atoms in total. The Labute approximate surface area is 140 Å². The highest BCUT2D eigenvalue weighted by Gasteiger charge is 2.16. The number of sulfonamides is 1. The summed E-state index contributed by atoms with van der Waals surface area (Å²) in [6.45, 7) is 0. The predicted octanol–water partition coefficient (Wildman–Crippen LogP) is 5.21. The van der Waals surface area contributed by atoms with E-state index in [2.05, 4.69) is 20.7 Å². The van der Waals surface area contributed by atoms with E-state index in [1.54, 1.807) is 12.1 Å². The number of benzene rings is 2. The van der Waals surface area contributed by atoms with Gasteiger partial charge in [0.1, 0.15) is 0 Å². The van der Waals surface area contributed by atoms with Crippen LogP contribution in [0.2, 0.25) is 15.1 Å². The summed E-state index contributed by atoms with van der Waals surface area (Å²) in [6.07, 6.45) is 0. The zero-order valence-electron chi connectivity index (χ0n) is 9.70. The third-order valence-electron chi connectivity index (χ3n) is 2.32. The van der Waals surface area contributed by atoms with Gasteiger partial charge in [0.2, 0.25) is 0 Å². The van der Waals surface area contributed by atoms with E-state index >= 15 is 0 Å². The first-order chi connectivity index (χ1) is 9.28. The maximum absolute atomic E-state index is 12.2. The summed E-state index contributed by atoms with van der Waals surface area (Å²) in [7, 11) is -3.78. The van der Waals surface area contributed by atoms with E-state index in [1.807, 2.05) is 0 Å². The minimum Gasteiger partial charge on any atom is -0.280 e. The first-order valence-electron chi connectivity index (χ1n) is 5.22. The summed E-state index contributed by atoms with van der Waals surface area (Å²) in [4.78, 5) is -0.0194. The lowest BCUT2D eigenvalue weighted by atomic mass is 10.3. The topological polar surface area (TPSA) is 46.2 Å². The number of halogens is 4. The van der Waals surface area contributed by atoms with Gasteiger partial charge in [0.15, 0.2) is 0 Å². The molecule has 0 aliphatic carbocycles. The minimum absolute atomic E-state index is 0.0194. The first-order valence-corrected chi connectivity index (χ1v) is 8.63. The van der Waals surface area contributed by atoms with Crippen LogP contribution in [0, 0.1) is 0 Å². The molecule has 0 saturated heterocycles. The molecule has 0 aliphatic heterocycles. The van der Waals surface area contributed by atoms with Crippen LogP contribution in [0.3, 0.4) is 0 Å². The lowest BCUT2D eigenvalue weighted by Crippen LogP contribution is -2.13. The van der Waals surface area contributed by atoms with Gasteiger partial charge in [-0.15, -0.1) is 0 Å². The molecule has 2 aromatic rings. The van der Waals surface area contributed by atoms with Crippen molar-refractivity contribution >= 4 is 66.4 Å². The Hall–Kier alpha value is -0.460. The van der Waals surface area contributed by atoms with Crippen LogP contribution in [0.4, 0.5) is 5.69 Å². The Kier molecular flexibility index (Phi) is 4.87. The van der Waals surface area contributed by atoms with Crippen LogP contribution in [-0.2, 0) is 10.0 Å². The van der Waals surface area contributed by atoms with E-state index in [1.165, 1.54) is 24.3 Å². The average Bonchev–Trinajstić information content (AvgIpc) is 2.32. The van der Waals surface area contributed by atoms with E-state index in [4.69, 9.17) is 34.8 Å². The Bertz CT molecular complexity index is 745. The maximum Gasteiger partial charge on any atom is 0.261 e. The van der Waals surface area contributed by atoms with E-state index in [0.717, 1.165) is 0 Å². The van der Waals surface area contributed by atoms with Crippen molar-refractivity contribution in [1.82, 2.24) is 0 Å². The standard InChI is InChI=1S/C12H7BrCl3NO2S/c13-11-2-1-9(6-12(11)16)17-20(18,19)10-4-7(14)3-8(15)5-10/h1-6,17H. The molecule has 0 aliphatic rings. The fraction of sp³-hybridized carbons (Fsp3) is 0. The third-order valence-corrected chi connectivity index (χ3v) is 5.35. The molecule has 8 heteroatoms. The van der Waals surface area contributed by atoms with Gasteiger partial charge >= 0.3 is 0 Å². The summed E-state index contributed by atoms with van der Waals surface area (Å²) in [5.74, 6) is 0. The Morgan fingerprint density at radius 3 is 2.10 bits per heavy atom. The molecule has 0 unspecified atom stereocenters. The summed E-state index contributed by atoms with van der Waals surface area (Å²) < 4.78 is 27.5. The van der Waals surface area contributed by atoms with Crippen LogP contribution in [-0.4, -0.2) is 8.42 Å². The number of hydrogen-bond acceptors (Lipinski definition) is 2. The quantitative estimate of drug-likeness (QED) is 0.748. The fourth-order valence-corrected chi connectivity index (χ4v) is 3.66. The Morgan fingerprint density at radius 1 is 0.950 bits per heavy atom. The van der Waals surface area contributed by atoms with Gasteiger partial charge in [-0.1, -0.05) is 34.8 Å². The number of nitrogens with one attached hydrogen (secondary N) is 1. The molecule has 0 radical (unpaired) electrons. The van der Waals surface area contributed by atoms with Crippen molar-refractivity contribution in [3.05, 3.63) is 55.9 Å². The highest BCUT2D eigenvalue weighted by atomic mass is 79.9. The number of rotatable bonds is 3. The van der Waals surface area contributed by atoms with Gasteiger partial charge in [-0.2, -0.15) is 0 Å². The monoisotopic (exact) mass is 413 g/mol. The van der Waals surface area contributed by atoms with Crippen molar-refractivity contribution in [3.8, 4) is 0 Å². The van der Waals surface area contributed by atoms with Crippen molar-refractivity contribution in [1.29, 1.82) is 0 Å². The van der Waals surface area contributed by atoms with Crippen molar-refractivity contribution in [3.63, 3.8) is 0 Å². The normalized spacial score (nSPS) is 11.4. The number of hydrogen-bond donors (Lipinski definition) is 1. The molecule has 0 saturated carbocycles. The second-order valence-corrected chi connectivity index (χ2v) is 7.66. The summed E-state index contributed by atoms with van der Waals surface area (Å²) in [6, 6.07) is 8.81. The predicted molar refractivity (Wildman–Crippen MR) is 86.4 cm³/mol. The van der Waals surface area contributed by atoms with Gasteiger partial charge in [0.25, 0.3) is 10.0 Å². The van der Waals surface area contributed by atoms with Crippen LogP contribution in [0.1, 0.15) is 0 Å². The van der Waals surface area contributed by atoms with Gasteiger partial charge in [-0.25, -0.2) is 8.42 Å². The minimum atomic E-state index is -3.78. The van der Waals surface area contributed by atoms with Crippen LogP contribution in [0.25, 0.3) is 0 Å². The third kappa shape index (κ3) is 3.80. The van der Waals surface area contributed by atoms with Crippen LogP contribution >= 0.6 is 50.7 Å². The molecule has 2 rings (SSSR count). The van der Waals surface area contributed by atoms with Crippen LogP contribution < -0.4 is 4.72 Å². The van der Waals surface area contributed by atoms with Crippen LogP contribution in [0.5, 0.6) is 0 Å². The molecule has 0 bridgehead atoms. The summed E-state index contributed by atoms with van der Waals surface area (Å²) in [5.41, 5.74) is 0.342. The number of anilines is 1. The molecule has 20 heavy (non-hydrogen) atoms. The second kappa shape index (κ2) is 6.12. The van der Waals surface area contributed by atoms with E-state index in [-0.39, 0.29) is 14.9 Å². The second-order valence-electron chi connectivity index (χ2n) is 3.84. The highest BCUT2D eigenvalue weighted by molar-refractivity contribution is 9.10. The van der Waals surface area contributed by atoms with Crippen LogP contribution in [0.15, 0.2) is 45.8 Å². The SMILES string of the molecule is O=S(=O)(Nc1ccc(Br)c(Cl)c1)c1cc(Cl)cc(Cl)c1. The van der Waals surface area contributed by atoms with Gasteiger partial charge < -0.3 is 0 Å². The molecule has 1 N–H and O–H groups in total. The fourth-order valence-electron chi connectivity index (χ4n) is 1.46. The molecule has 0 heterocycles. The van der Waals surface area contributed by atoms with E-state index in [0.29, 0.717) is 15.2 Å². The Balaban J connectivity index is 2.37. The largest absolute Gasteiger partial charge is 0.280 e. The molecular weight excluding hydrogens is 408 g/mol.